The van der Waals surface area contributed by atoms with Gasteiger partial charge in [-0.05, 0) is 15.9 Å². The summed E-state index contributed by atoms with van der Waals surface area (Å²) in [5.41, 5.74) is 0. The van der Waals surface area contributed by atoms with Crippen molar-refractivity contribution < 1.29 is 9.53 Å². The minimum Gasteiger partial charge on any atom is -0.468 e. The quantitative estimate of drug-likeness (QED) is 0.738. The van der Waals surface area contributed by atoms with E-state index in [9.17, 15) is 4.79 Å². The van der Waals surface area contributed by atoms with Crippen LogP contribution in [0.4, 0.5) is 0 Å². The fourth-order valence-corrected chi connectivity index (χ4v) is 1.01. The van der Waals surface area contributed by atoms with Crippen molar-refractivity contribution in [1.29, 1.82) is 5.26 Å². The molecule has 5 nitrogen and oxygen atoms in total. The minimum absolute atomic E-state index is 0.141. The van der Waals surface area contributed by atoms with Crippen molar-refractivity contribution in [3.05, 3.63) is 22.7 Å². The van der Waals surface area contributed by atoms with Crippen molar-refractivity contribution in [3.8, 4) is 6.07 Å². The second kappa shape index (κ2) is 4.67. The molecule has 1 aromatic heterocycles. The van der Waals surface area contributed by atoms with E-state index in [1.54, 1.807) is 6.07 Å². The molecule has 1 rings (SSSR count). The Kier molecular flexibility index (Phi) is 3.54. The largest absolute Gasteiger partial charge is 0.468 e. The van der Waals surface area contributed by atoms with Gasteiger partial charge in [0.2, 0.25) is 5.92 Å². The van der Waals surface area contributed by atoms with Gasteiger partial charge in [-0.2, -0.15) is 5.26 Å². The summed E-state index contributed by atoms with van der Waals surface area (Å²) >= 11 is 3.15. The number of methoxy groups -OCH3 is 1. The van der Waals surface area contributed by atoms with Gasteiger partial charge in [0.25, 0.3) is 0 Å². The Hall–Kier alpha value is -1.48. The number of nitriles is 1. The van der Waals surface area contributed by atoms with E-state index in [2.05, 4.69) is 30.6 Å². The number of rotatable bonds is 2. The molecule has 1 aromatic rings. The lowest BCUT2D eigenvalue weighted by Gasteiger charge is -2.04. The van der Waals surface area contributed by atoms with E-state index in [0.29, 0.717) is 4.47 Å². The summed E-state index contributed by atoms with van der Waals surface area (Å²) in [4.78, 5) is 18.8. The molecule has 0 aromatic carbocycles. The number of aromatic nitrogens is 2. The predicted octanol–water partition coefficient (Wildman–Crippen LogP) is 1.02. The highest BCUT2D eigenvalue weighted by Gasteiger charge is 2.23. The Morgan fingerprint density at radius 3 is 2.64 bits per heavy atom. The van der Waals surface area contributed by atoms with Crippen LogP contribution in [0.25, 0.3) is 0 Å². The van der Waals surface area contributed by atoms with E-state index < -0.39 is 11.9 Å². The van der Waals surface area contributed by atoms with Crippen LogP contribution in [0.3, 0.4) is 0 Å². The standard InChI is InChI=1S/C8H6BrN3O2/c1-14-8(13)6(2-10)7-11-3-5(9)4-12-7/h3-4,6H,1H3/t6-/m1/s1. The van der Waals surface area contributed by atoms with Gasteiger partial charge in [0, 0.05) is 12.4 Å². The van der Waals surface area contributed by atoms with E-state index in [1.807, 2.05) is 0 Å². The van der Waals surface area contributed by atoms with Gasteiger partial charge in [0.05, 0.1) is 17.7 Å². The molecule has 14 heavy (non-hydrogen) atoms. The number of halogens is 1. The van der Waals surface area contributed by atoms with E-state index in [0.717, 1.165) is 0 Å². The molecule has 72 valence electrons. The molecule has 1 atom stereocenters. The molecule has 0 aliphatic rings. The Morgan fingerprint density at radius 1 is 1.64 bits per heavy atom. The molecule has 0 saturated heterocycles. The van der Waals surface area contributed by atoms with Crippen molar-refractivity contribution in [1.82, 2.24) is 9.97 Å². The van der Waals surface area contributed by atoms with Crippen molar-refractivity contribution in [3.63, 3.8) is 0 Å². The molecule has 0 amide bonds. The summed E-state index contributed by atoms with van der Waals surface area (Å²) in [6.45, 7) is 0. The summed E-state index contributed by atoms with van der Waals surface area (Å²) in [7, 11) is 1.21. The summed E-state index contributed by atoms with van der Waals surface area (Å²) in [5.74, 6) is -1.58. The fraction of sp³-hybridized carbons (Fsp3) is 0.250. The van der Waals surface area contributed by atoms with Crippen molar-refractivity contribution >= 4 is 21.9 Å². The van der Waals surface area contributed by atoms with Gasteiger partial charge in [0.15, 0.2) is 5.82 Å². The highest BCUT2D eigenvalue weighted by Crippen LogP contribution is 2.13. The molecule has 0 N–H and O–H groups in total. The van der Waals surface area contributed by atoms with Gasteiger partial charge in [0.1, 0.15) is 0 Å². The molecular weight excluding hydrogens is 250 g/mol. The SMILES string of the molecule is COC(=O)[C@H](C#N)c1ncc(Br)cn1. The molecular formula is C8H6BrN3O2. The van der Waals surface area contributed by atoms with Gasteiger partial charge in [-0.1, -0.05) is 0 Å². The number of esters is 1. The van der Waals surface area contributed by atoms with Crippen LogP contribution in [0.1, 0.15) is 11.7 Å². The summed E-state index contributed by atoms with van der Waals surface area (Å²) in [5, 5.41) is 8.71. The molecule has 0 unspecified atom stereocenters. The molecule has 0 aliphatic carbocycles. The third-order valence-electron chi connectivity index (χ3n) is 1.46. The third-order valence-corrected chi connectivity index (χ3v) is 1.87. The smallest absolute Gasteiger partial charge is 0.330 e. The van der Waals surface area contributed by atoms with Crippen LogP contribution in [0.15, 0.2) is 16.9 Å². The second-order valence-electron chi connectivity index (χ2n) is 2.34. The lowest BCUT2D eigenvalue weighted by molar-refractivity contribution is -0.141. The maximum absolute atomic E-state index is 11.1. The zero-order valence-electron chi connectivity index (χ0n) is 7.27. The average Bonchev–Trinajstić information content (AvgIpc) is 2.21. The third kappa shape index (κ3) is 2.26. The van der Waals surface area contributed by atoms with E-state index in [-0.39, 0.29) is 5.82 Å². The van der Waals surface area contributed by atoms with Crippen LogP contribution < -0.4 is 0 Å². The first-order valence-electron chi connectivity index (χ1n) is 3.64. The van der Waals surface area contributed by atoms with E-state index in [1.165, 1.54) is 19.5 Å². The summed E-state index contributed by atoms with van der Waals surface area (Å²) in [6.07, 6.45) is 2.94. The van der Waals surface area contributed by atoms with Gasteiger partial charge in [-0.25, -0.2) is 9.97 Å². The van der Waals surface area contributed by atoms with Crippen LogP contribution in [0.2, 0.25) is 0 Å². The predicted molar refractivity (Wildman–Crippen MR) is 50.1 cm³/mol. The molecule has 0 aliphatic heterocycles. The lowest BCUT2D eigenvalue weighted by Crippen LogP contribution is -2.15. The normalized spacial score (nSPS) is 11.5. The molecule has 0 fully saturated rings. The maximum Gasteiger partial charge on any atom is 0.330 e. The number of ether oxygens (including phenoxy) is 1. The van der Waals surface area contributed by atoms with E-state index >= 15 is 0 Å². The Labute approximate surface area is 88.9 Å². The zero-order chi connectivity index (χ0) is 10.6. The molecule has 1 heterocycles. The fourth-order valence-electron chi connectivity index (χ4n) is 0.805. The topological polar surface area (TPSA) is 75.9 Å². The zero-order valence-corrected chi connectivity index (χ0v) is 8.85. The van der Waals surface area contributed by atoms with Crippen LogP contribution in [0, 0.1) is 11.3 Å². The minimum atomic E-state index is -1.06. The monoisotopic (exact) mass is 255 g/mol. The van der Waals surface area contributed by atoms with Gasteiger partial charge < -0.3 is 4.74 Å². The Balaban J connectivity index is 2.97. The second-order valence-corrected chi connectivity index (χ2v) is 3.26. The lowest BCUT2D eigenvalue weighted by atomic mass is 10.1. The first-order valence-corrected chi connectivity index (χ1v) is 4.43. The Bertz CT molecular complexity index is 371. The number of carbonyl (C=O) groups excluding carboxylic acids is 1. The first kappa shape index (κ1) is 10.6. The van der Waals surface area contributed by atoms with Crippen molar-refractivity contribution in [2.45, 2.75) is 5.92 Å². The van der Waals surface area contributed by atoms with Gasteiger partial charge in [-0.15, -0.1) is 0 Å². The number of hydrogen-bond donors (Lipinski definition) is 0. The molecule has 0 bridgehead atoms. The van der Waals surface area contributed by atoms with Crippen LogP contribution in [-0.4, -0.2) is 23.0 Å². The maximum atomic E-state index is 11.1. The Morgan fingerprint density at radius 2 is 2.21 bits per heavy atom. The highest BCUT2D eigenvalue weighted by molar-refractivity contribution is 9.10. The molecule has 0 radical (unpaired) electrons. The summed E-state index contributed by atoms with van der Waals surface area (Å²) in [6, 6.07) is 1.77. The van der Waals surface area contributed by atoms with Crippen LogP contribution in [0.5, 0.6) is 0 Å². The van der Waals surface area contributed by atoms with Crippen molar-refractivity contribution in [2.75, 3.05) is 7.11 Å². The van der Waals surface area contributed by atoms with Crippen LogP contribution >= 0.6 is 15.9 Å². The average molecular weight is 256 g/mol. The van der Waals surface area contributed by atoms with Gasteiger partial charge in [-0.3, -0.25) is 4.79 Å². The van der Waals surface area contributed by atoms with Gasteiger partial charge >= 0.3 is 5.97 Å². The number of nitrogens with zero attached hydrogens (tertiary/aromatic N) is 3. The van der Waals surface area contributed by atoms with Crippen LogP contribution in [-0.2, 0) is 9.53 Å². The highest BCUT2D eigenvalue weighted by atomic mass is 79.9. The molecule has 6 heteroatoms. The molecule has 0 spiro atoms. The van der Waals surface area contributed by atoms with E-state index in [4.69, 9.17) is 5.26 Å². The molecule has 0 saturated carbocycles. The van der Waals surface area contributed by atoms with Crippen molar-refractivity contribution in [2.24, 2.45) is 0 Å². The number of hydrogen-bond acceptors (Lipinski definition) is 5. The number of carbonyl (C=O) groups is 1. The summed E-state index contributed by atoms with van der Waals surface area (Å²) < 4.78 is 5.12. The first-order chi connectivity index (χ1) is 6.69.